The van der Waals surface area contributed by atoms with E-state index in [0.29, 0.717) is 0 Å². The van der Waals surface area contributed by atoms with Crippen LogP contribution in [0.15, 0.2) is 24.3 Å². The van der Waals surface area contributed by atoms with E-state index >= 15 is 0 Å². The van der Waals surface area contributed by atoms with Crippen molar-refractivity contribution in [1.29, 1.82) is 0 Å². The predicted molar refractivity (Wildman–Crippen MR) is 84.2 cm³/mol. The fraction of sp³-hybridized carbons (Fsp3) is 0.556. The lowest BCUT2D eigenvalue weighted by atomic mass is 9.86. The monoisotopic (exact) mass is 257 g/mol. The second kappa shape index (κ2) is 5.80. The summed E-state index contributed by atoms with van der Waals surface area (Å²) >= 11 is 0. The minimum Gasteiger partial charge on any atom is -0.295 e. The molecule has 0 saturated carbocycles. The highest BCUT2D eigenvalue weighted by molar-refractivity contribution is 5.33. The van der Waals surface area contributed by atoms with Crippen molar-refractivity contribution in [2.24, 2.45) is 0 Å². The van der Waals surface area contributed by atoms with Crippen molar-refractivity contribution in [3.8, 4) is 11.8 Å². The maximum absolute atomic E-state index is 3.56. The van der Waals surface area contributed by atoms with Crippen molar-refractivity contribution in [3.05, 3.63) is 35.4 Å². The first-order valence-corrected chi connectivity index (χ1v) is 6.94. The molecule has 0 radical (unpaired) electrons. The molecule has 0 spiro atoms. The molecule has 1 nitrogen and oxygen atoms in total. The van der Waals surface area contributed by atoms with Crippen LogP contribution in [0.4, 0.5) is 0 Å². The average Bonchev–Trinajstić information content (AvgIpc) is 2.26. The third kappa shape index (κ3) is 5.09. The maximum atomic E-state index is 3.56. The highest BCUT2D eigenvalue weighted by atomic mass is 15.0. The summed E-state index contributed by atoms with van der Waals surface area (Å²) in [6, 6.07) is 8.90. The molecular formula is C18H27N. The van der Waals surface area contributed by atoms with Crippen LogP contribution in [-0.2, 0) is 5.41 Å². The van der Waals surface area contributed by atoms with Gasteiger partial charge in [-0.2, -0.15) is 0 Å². The van der Waals surface area contributed by atoms with Gasteiger partial charge in [-0.3, -0.25) is 5.32 Å². The van der Waals surface area contributed by atoms with Crippen LogP contribution < -0.4 is 5.32 Å². The van der Waals surface area contributed by atoms with E-state index < -0.39 is 0 Å². The molecule has 1 heteroatoms. The van der Waals surface area contributed by atoms with E-state index in [1.165, 1.54) is 11.1 Å². The van der Waals surface area contributed by atoms with Crippen LogP contribution in [0.1, 0.15) is 65.6 Å². The summed E-state index contributed by atoms with van der Waals surface area (Å²) in [6.07, 6.45) is 0. The average molecular weight is 257 g/mol. The van der Waals surface area contributed by atoms with Crippen molar-refractivity contribution < 1.29 is 0 Å². The predicted octanol–water partition coefficient (Wildman–Crippen LogP) is 4.44. The molecule has 0 heterocycles. The number of rotatable bonds is 2. The lowest BCUT2D eigenvalue weighted by Gasteiger charge is -2.26. The molecule has 104 valence electrons. The first kappa shape index (κ1) is 15.8. The summed E-state index contributed by atoms with van der Waals surface area (Å²) in [6.45, 7) is 15.1. The molecule has 0 aliphatic heterocycles. The molecule has 0 fully saturated rings. The van der Waals surface area contributed by atoms with Gasteiger partial charge in [-0.1, -0.05) is 51.0 Å². The number of benzene rings is 1. The molecule has 0 amide bonds. The van der Waals surface area contributed by atoms with Crippen LogP contribution in [0.3, 0.4) is 0 Å². The van der Waals surface area contributed by atoms with Gasteiger partial charge in [0.05, 0.1) is 6.04 Å². The Hall–Kier alpha value is -1.26. The van der Waals surface area contributed by atoms with Crippen molar-refractivity contribution >= 4 is 0 Å². The van der Waals surface area contributed by atoms with Crippen LogP contribution in [0.2, 0.25) is 0 Å². The van der Waals surface area contributed by atoms with Gasteiger partial charge in [0.1, 0.15) is 0 Å². The van der Waals surface area contributed by atoms with E-state index in [0.717, 1.165) is 0 Å². The van der Waals surface area contributed by atoms with Gasteiger partial charge in [-0.15, -0.1) is 5.92 Å². The van der Waals surface area contributed by atoms with Crippen LogP contribution in [0.5, 0.6) is 0 Å². The lowest BCUT2D eigenvalue weighted by Crippen LogP contribution is -2.38. The second-order valence-electron chi connectivity index (χ2n) is 7.09. The van der Waals surface area contributed by atoms with Crippen molar-refractivity contribution in [2.45, 2.75) is 65.5 Å². The van der Waals surface area contributed by atoms with E-state index in [9.17, 15) is 0 Å². The Morgan fingerprint density at radius 3 is 1.84 bits per heavy atom. The maximum Gasteiger partial charge on any atom is 0.0949 e. The summed E-state index contributed by atoms with van der Waals surface area (Å²) in [5.74, 6) is 6.27. The Bertz CT molecular complexity index is 458. The largest absolute Gasteiger partial charge is 0.295 e. The smallest absolute Gasteiger partial charge is 0.0949 e. The topological polar surface area (TPSA) is 12.0 Å². The SMILES string of the molecule is CC#CC(NC(C)(C)C)c1ccc(C(C)(C)C)cc1. The quantitative estimate of drug-likeness (QED) is 0.773. The molecular weight excluding hydrogens is 230 g/mol. The lowest BCUT2D eigenvalue weighted by molar-refractivity contribution is 0.402. The Morgan fingerprint density at radius 2 is 1.47 bits per heavy atom. The Morgan fingerprint density at radius 1 is 0.947 bits per heavy atom. The van der Waals surface area contributed by atoms with Gasteiger partial charge in [0.25, 0.3) is 0 Å². The summed E-state index contributed by atoms with van der Waals surface area (Å²) in [7, 11) is 0. The standard InChI is InChI=1S/C18H27N/c1-8-9-16(19-18(5,6)7)14-10-12-15(13-11-14)17(2,3)4/h10-13,16,19H,1-7H3. The summed E-state index contributed by atoms with van der Waals surface area (Å²) in [5.41, 5.74) is 2.84. The van der Waals surface area contributed by atoms with Crippen LogP contribution >= 0.6 is 0 Å². The third-order valence-corrected chi connectivity index (χ3v) is 2.98. The summed E-state index contributed by atoms with van der Waals surface area (Å²) in [4.78, 5) is 0. The molecule has 19 heavy (non-hydrogen) atoms. The molecule has 1 rings (SSSR count). The summed E-state index contributed by atoms with van der Waals surface area (Å²) < 4.78 is 0. The zero-order valence-corrected chi connectivity index (χ0v) is 13.4. The van der Waals surface area contributed by atoms with E-state index in [1.54, 1.807) is 0 Å². The number of hydrogen-bond acceptors (Lipinski definition) is 1. The molecule has 0 aliphatic rings. The highest BCUT2D eigenvalue weighted by Gasteiger charge is 2.18. The fourth-order valence-electron chi connectivity index (χ4n) is 1.96. The van der Waals surface area contributed by atoms with Crippen LogP contribution in [0, 0.1) is 11.8 Å². The minimum atomic E-state index is 0.0528. The number of nitrogens with one attached hydrogen (secondary N) is 1. The van der Waals surface area contributed by atoms with Crippen molar-refractivity contribution in [3.63, 3.8) is 0 Å². The molecule has 1 aromatic carbocycles. The van der Waals surface area contributed by atoms with E-state index in [4.69, 9.17) is 0 Å². The minimum absolute atomic E-state index is 0.0528. The Kier molecular flexibility index (Phi) is 4.82. The van der Waals surface area contributed by atoms with Gasteiger partial charge in [0.2, 0.25) is 0 Å². The highest BCUT2D eigenvalue weighted by Crippen LogP contribution is 2.24. The zero-order chi connectivity index (χ0) is 14.7. The first-order valence-electron chi connectivity index (χ1n) is 6.94. The van der Waals surface area contributed by atoms with Crippen LogP contribution in [0.25, 0.3) is 0 Å². The van der Waals surface area contributed by atoms with Gasteiger partial charge in [-0.05, 0) is 44.2 Å². The van der Waals surface area contributed by atoms with Crippen molar-refractivity contribution in [1.82, 2.24) is 5.32 Å². The molecule has 0 bridgehead atoms. The normalized spacial score (nSPS) is 13.6. The zero-order valence-electron chi connectivity index (χ0n) is 13.4. The van der Waals surface area contributed by atoms with E-state index in [2.05, 4.69) is 83.0 Å². The molecule has 1 atom stereocenters. The molecule has 0 aromatic heterocycles. The molecule has 1 aromatic rings. The van der Waals surface area contributed by atoms with Gasteiger partial charge in [-0.25, -0.2) is 0 Å². The molecule has 1 unspecified atom stereocenters. The third-order valence-electron chi connectivity index (χ3n) is 2.98. The Labute approximate surface area is 118 Å². The fourth-order valence-corrected chi connectivity index (χ4v) is 1.96. The first-order chi connectivity index (χ1) is 8.63. The van der Waals surface area contributed by atoms with Crippen LogP contribution in [-0.4, -0.2) is 5.54 Å². The molecule has 0 aliphatic carbocycles. The van der Waals surface area contributed by atoms with Gasteiger partial charge >= 0.3 is 0 Å². The molecule has 1 N–H and O–H groups in total. The molecule has 0 saturated heterocycles. The van der Waals surface area contributed by atoms with Gasteiger partial charge in [0, 0.05) is 5.54 Å². The van der Waals surface area contributed by atoms with E-state index in [1.807, 2.05) is 6.92 Å². The van der Waals surface area contributed by atoms with E-state index in [-0.39, 0.29) is 17.0 Å². The number of hydrogen-bond donors (Lipinski definition) is 1. The van der Waals surface area contributed by atoms with Gasteiger partial charge in [0.15, 0.2) is 0 Å². The van der Waals surface area contributed by atoms with Crippen molar-refractivity contribution in [2.75, 3.05) is 0 Å². The second-order valence-corrected chi connectivity index (χ2v) is 7.09. The van der Waals surface area contributed by atoms with Gasteiger partial charge < -0.3 is 0 Å². The summed E-state index contributed by atoms with van der Waals surface area (Å²) in [5, 5.41) is 3.56. The Balaban J connectivity index is 3.01.